The Morgan fingerprint density at radius 3 is 2.68 bits per heavy atom. The Labute approximate surface area is 216 Å². The molecule has 3 unspecified atom stereocenters. The molecule has 0 saturated heterocycles. The van der Waals surface area contributed by atoms with Crippen LogP contribution in [0.3, 0.4) is 0 Å². The molecule has 3 atom stereocenters. The maximum Gasteiger partial charge on any atom is 0.169 e. The first-order valence-electron chi connectivity index (χ1n) is 12.6. The molecule has 1 heterocycles. The highest BCUT2D eigenvalue weighted by Gasteiger charge is 2.35. The van der Waals surface area contributed by atoms with Gasteiger partial charge in [0.05, 0.1) is 13.2 Å². The van der Waals surface area contributed by atoms with E-state index in [-0.39, 0.29) is 55.7 Å². The summed E-state index contributed by atoms with van der Waals surface area (Å²) >= 11 is 0. The summed E-state index contributed by atoms with van der Waals surface area (Å²) in [5.41, 5.74) is 2.11. The first-order valence-corrected chi connectivity index (χ1v) is 12.6. The number of hydrogen-bond donors (Lipinski definition) is 4. The lowest BCUT2D eigenvalue weighted by Gasteiger charge is -2.26. The summed E-state index contributed by atoms with van der Waals surface area (Å²) in [7, 11) is 0. The molecule has 8 heteroatoms. The number of ketones is 1. The molecule has 0 radical (unpaired) electrons. The number of benzene rings is 1. The van der Waals surface area contributed by atoms with E-state index >= 15 is 0 Å². The highest BCUT2D eigenvalue weighted by atomic mass is 16.5. The van der Waals surface area contributed by atoms with E-state index in [1.165, 1.54) is 12.2 Å². The van der Waals surface area contributed by atoms with Crippen LogP contribution in [0.4, 0.5) is 0 Å². The van der Waals surface area contributed by atoms with Gasteiger partial charge >= 0.3 is 0 Å². The zero-order valence-electron chi connectivity index (χ0n) is 20.7. The molecular weight excluding hydrogens is 476 g/mol. The number of ether oxygens (including phenoxy) is 3. The minimum absolute atomic E-state index is 0.0991. The summed E-state index contributed by atoms with van der Waals surface area (Å²) < 4.78 is 18.2. The van der Waals surface area contributed by atoms with Gasteiger partial charge in [0.1, 0.15) is 48.0 Å². The van der Waals surface area contributed by atoms with Crippen molar-refractivity contribution >= 4 is 5.78 Å². The van der Waals surface area contributed by atoms with Crippen LogP contribution in [0.2, 0.25) is 0 Å². The number of rotatable bonds is 8. The molecule has 1 aromatic rings. The molecule has 1 aliphatic heterocycles. The predicted octanol–water partition coefficient (Wildman–Crippen LogP) is 4.23. The molecule has 4 rings (SSSR count). The van der Waals surface area contributed by atoms with E-state index < -0.39 is 18.0 Å². The maximum absolute atomic E-state index is 12.8. The van der Waals surface area contributed by atoms with E-state index in [1.54, 1.807) is 0 Å². The largest absolute Gasteiger partial charge is 0.508 e. The number of hydrogen-bond acceptors (Lipinski definition) is 8. The van der Waals surface area contributed by atoms with Gasteiger partial charge in [-0.15, -0.1) is 0 Å². The Bertz CT molecular complexity index is 1110. The van der Waals surface area contributed by atoms with Gasteiger partial charge in [-0.25, -0.2) is 0 Å². The van der Waals surface area contributed by atoms with Crippen molar-refractivity contribution in [3.8, 4) is 0 Å². The van der Waals surface area contributed by atoms with Crippen LogP contribution in [-0.4, -0.2) is 57.7 Å². The average molecular weight is 511 g/mol. The molecule has 0 saturated carbocycles. The number of Topliss-reactive ketones (excluding diaryl/α,β-unsaturated/α-hetero) is 1. The topological polar surface area (TPSA) is 126 Å². The van der Waals surface area contributed by atoms with E-state index in [2.05, 4.69) is 0 Å². The van der Waals surface area contributed by atoms with Crippen LogP contribution in [0, 0.1) is 0 Å². The Balaban J connectivity index is 1.58. The van der Waals surface area contributed by atoms with E-state index in [4.69, 9.17) is 14.2 Å². The monoisotopic (exact) mass is 510 g/mol. The summed E-state index contributed by atoms with van der Waals surface area (Å²) in [4.78, 5) is 12.8. The number of aliphatic hydroxyl groups excluding tert-OH is 4. The zero-order chi connectivity index (χ0) is 26.2. The highest BCUT2D eigenvalue weighted by Crippen LogP contribution is 2.33. The van der Waals surface area contributed by atoms with Crippen LogP contribution < -0.4 is 0 Å². The van der Waals surface area contributed by atoms with Crippen LogP contribution in [0.15, 0.2) is 88.8 Å². The summed E-state index contributed by atoms with van der Waals surface area (Å²) in [6, 6.07) is 9.76. The molecule has 0 bridgehead atoms. The number of carbonyl (C=O) groups is 1. The highest BCUT2D eigenvalue weighted by molar-refractivity contribution is 5.87. The SMILES string of the molecule is O=C1CC2=C(CC=C(O)C=C2O)OC(CC2=CCCCC(OCCO)C(OCc3ccccc3)=C2)C1O. The molecular formula is C29H34O8. The molecule has 2 aliphatic carbocycles. The molecule has 0 aromatic heterocycles. The molecule has 1 aromatic carbocycles. The quantitative estimate of drug-likeness (QED) is 0.410. The van der Waals surface area contributed by atoms with Gasteiger partial charge in [-0.1, -0.05) is 36.4 Å². The predicted molar refractivity (Wildman–Crippen MR) is 136 cm³/mol. The Morgan fingerprint density at radius 1 is 1.08 bits per heavy atom. The first kappa shape index (κ1) is 26.7. The van der Waals surface area contributed by atoms with Crippen molar-refractivity contribution in [3.05, 3.63) is 94.4 Å². The van der Waals surface area contributed by atoms with Crippen molar-refractivity contribution in [2.45, 2.75) is 63.4 Å². The molecule has 4 N–H and O–H groups in total. The van der Waals surface area contributed by atoms with E-state index in [1.807, 2.05) is 42.5 Å². The fourth-order valence-electron chi connectivity index (χ4n) is 4.62. The minimum Gasteiger partial charge on any atom is -0.508 e. The van der Waals surface area contributed by atoms with Gasteiger partial charge in [-0.3, -0.25) is 4.79 Å². The smallest absolute Gasteiger partial charge is 0.169 e. The Hall–Kier alpha value is -3.33. The summed E-state index contributed by atoms with van der Waals surface area (Å²) in [6.07, 6.45) is 6.54. The second-order valence-electron chi connectivity index (χ2n) is 9.33. The van der Waals surface area contributed by atoms with Crippen molar-refractivity contribution in [3.63, 3.8) is 0 Å². The van der Waals surface area contributed by atoms with Crippen molar-refractivity contribution in [1.82, 2.24) is 0 Å². The molecule has 0 spiro atoms. The second-order valence-corrected chi connectivity index (χ2v) is 9.33. The Morgan fingerprint density at radius 2 is 1.89 bits per heavy atom. The molecule has 0 fully saturated rings. The van der Waals surface area contributed by atoms with E-state index in [9.17, 15) is 25.2 Å². The van der Waals surface area contributed by atoms with Crippen molar-refractivity contribution in [2.75, 3.05) is 13.2 Å². The van der Waals surface area contributed by atoms with Gasteiger partial charge in [-0.2, -0.15) is 0 Å². The lowest BCUT2D eigenvalue weighted by Crippen LogP contribution is -2.34. The summed E-state index contributed by atoms with van der Waals surface area (Å²) in [5.74, 6) is 0.149. The van der Waals surface area contributed by atoms with Crippen molar-refractivity contribution in [2.24, 2.45) is 0 Å². The fraction of sp³-hybridized carbons (Fsp3) is 0.414. The molecule has 8 nitrogen and oxygen atoms in total. The van der Waals surface area contributed by atoms with Gasteiger partial charge in [0, 0.05) is 30.9 Å². The summed E-state index contributed by atoms with van der Waals surface area (Å²) in [6.45, 7) is 0.429. The zero-order valence-corrected chi connectivity index (χ0v) is 20.7. The van der Waals surface area contributed by atoms with Crippen LogP contribution in [0.25, 0.3) is 0 Å². The standard InChI is InChI=1S/C29H34O8/c30-12-13-35-26-9-5-4-8-20(14-27(26)36-18-19-6-2-1-3-7-19)15-28-29(34)24(33)17-22-23(32)16-21(31)10-11-25(22)37-28/h1-3,6-8,10,14,16,26,28-32,34H,4-5,9,11-13,15,17-18H2. The van der Waals surface area contributed by atoms with Gasteiger partial charge < -0.3 is 34.6 Å². The normalized spacial score (nSPS) is 24.7. The van der Waals surface area contributed by atoms with Gasteiger partial charge in [0.2, 0.25) is 0 Å². The lowest BCUT2D eigenvalue weighted by molar-refractivity contribution is -0.131. The number of carbonyl (C=O) groups excluding carboxylic acids is 1. The third-order valence-electron chi connectivity index (χ3n) is 6.57. The van der Waals surface area contributed by atoms with Gasteiger partial charge in [-0.05, 0) is 42.6 Å². The average Bonchev–Trinajstić information content (AvgIpc) is 3.09. The Kier molecular flexibility index (Phi) is 9.22. The maximum atomic E-state index is 12.8. The lowest BCUT2D eigenvalue weighted by atomic mass is 9.95. The van der Waals surface area contributed by atoms with Crippen LogP contribution in [-0.2, 0) is 25.6 Å². The molecule has 198 valence electrons. The minimum atomic E-state index is -1.38. The van der Waals surface area contributed by atoms with Crippen LogP contribution in [0.5, 0.6) is 0 Å². The molecule has 3 aliphatic rings. The molecule has 0 amide bonds. The molecule has 37 heavy (non-hydrogen) atoms. The van der Waals surface area contributed by atoms with E-state index in [0.717, 1.165) is 30.4 Å². The van der Waals surface area contributed by atoms with Gasteiger partial charge in [0.25, 0.3) is 0 Å². The summed E-state index contributed by atoms with van der Waals surface area (Å²) in [5, 5.41) is 40.4. The van der Waals surface area contributed by atoms with Crippen LogP contribution in [0.1, 0.15) is 44.1 Å². The van der Waals surface area contributed by atoms with Crippen molar-refractivity contribution < 1.29 is 39.4 Å². The third kappa shape index (κ3) is 7.13. The fourth-order valence-corrected chi connectivity index (χ4v) is 4.62. The first-order chi connectivity index (χ1) is 17.9. The van der Waals surface area contributed by atoms with Crippen LogP contribution >= 0.6 is 0 Å². The van der Waals surface area contributed by atoms with E-state index in [0.29, 0.717) is 18.1 Å². The third-order valence-corrected chi connectivity index (χ3v) is 6.57. The number of allylic oxidation sites excluding steroid dienone is 5. The number of aliphatic hydroxyl groups is 4. The second kappa shape index (κ2) is 12.8. The van der Waals surface area contributed by atoms with Crippen molar-refractivity contribution in [1.29, 1.82) is 0 Å². The van der Waals surface area contributed by atoms with Gasteiger partial charge in [0.15, 0.2) is 5.78 Å².